The fourth-order valence-electron chi connectivity index (χ4n) is 0.407. The minimum atomic E-state index is -0.860. The lowest BCUT2D eigenvalue weighted by Crippen LogP contribution is -2.41. The molecule has 0 saturated heterocycles. The molecule has 0 aromatic carbocycles. The SMILES string of the molecule is [CH]C(C)(C)N(C)CC(=O)O. The van der Waals surface area contributed by atoms with Gasteiger partial charge < -0.3 is 5.11 Å². The van der Waals surface area contributed by atoms with Crippen molar-refractivity contribution in [2.24, 2.45) is 0 Å². The minimum absolute atomic E-state index is 0.0243. The van der Waals surface area contributed by atoms with Crippen LogP contribution in [0.3, 0.4) is 0 Å². The molecule has 58 valence electrons. The second-order valence-corrected chi connectivity index (χ2v) is 2.90. The van der Waals surface area contributed by atoms with Crippen LogP contribution in [-0.2, 0) is 4.79 Å². The van der Waals surface area contributed by atoms with Crippen LogP contribution in [0.2, 0.25) is 0 Å². The molecule has 0 aliphatic rings. The third-order valence-corrected chi connectivity index (χ3v) is 1.36. The first-order chi connectivity index (χ1) is 4.34. The van der Waals surface area contributed by atoms with E-state index in [1.54, 1.807) is 25.8 Å². The lowest BCUT2D eigenvalue weighted by Gasteiger charge is -2.29. The first-order valence-corrected chi connectivity index (χ1v) is 3.06. The van der Waals surface area contributed by atoms with Gasteiger partial charge in [0.05, 0.1) is 6.54 Å². The molecule has 0 rings (SSSR count). The lowest BCUT2D eigenvalue weighted by molar-refractivity contribution is -0.138. The zero-order valence-electron chi connectivity index (χ0n) is 6.59. The molecule has 2 radical (unpaired) electrons. The Bertz CT molecular complexity index is 126. The molecule has 1 N–H and O–H groups in total. The second kappa shape index (κ2) is 3.01. The lowest BCUT2D eigenvalue weighted by atomic mass is 10.1. The van der Waals surface area contributed by atoms with Crippen molar-refractivity contribution in [1.82, 2.24) is 4.90 Å². The molecule has 0 atom stereocenters. The molecule has 10 heavy (non-hydrogen) atoms. The highest BCUT2D eigenvalue weighted by atomic mass is 16.4. The molecule has 0 fully saturated rings. The van der Waals surface area contributed by atoms with Crippen LogP contribution >= 0.6 is 0 Å². The van der Waals surface area contributed by atoms with Crippen molar-refractivity contribution in [3.05, 3.63) is 6.92 Å². The van der Waals surface area contributed by atoms with E-state index in [-0.39, 0.29) is 6.54 Å². The average molecular weight is 143 g/mol. The van der Waals surface area contributed by atoms with Crippen molar-refractivity contribution >= 4 is 5.97 Å². The zero-order chi connectivity index (χ0) is 8.36. The van der Waals surface area contributed by atoms with Crippen molar-refractivity contribution in [2.45, 2.75) is 19.4 Å². The molecule has 0 bridgehead atoms. The van der Waals surface area contributed by atoms with Crippen LogP contribution in [0.1, 0.15) is 13.8 Å². The first kappa shape index (κ1) is 9.43. The first-order valence-electron chi connectivity index (χ1n) is 3.06. The highest BCUT2D eigenvalue weighted by Gasteiger charge is 2.18. The number of carboxylic acid groups (broad SMARTS) is 1. The van der Waals surface area contributed by atoms with Crippen molar-refractivity contribution < 1.29 is 9.90 Å². The topological polar surface area (TPSA) is 40.5 Å². The number of hydrogen-bond donors (Lipinski definition) is 1. The largest absolute Gasteiger partial charge is 0.480 e. The minimum Gasteiger partial charge on any atom is -0.480 e. The summed E-state index contributed by atoms with van der Waals surface area (Å²) in [6.45, 7) is 9.09. The third kappa shape index (κ3) is 3.45. The molecule has 3 nitrogen and oxygen atoms in total. The molecular formula is C7H13NO2. The summed E-state index contributed by atoms with van der Waals surface area (Å²) in [6, 6.07) is 0. The molecule has 0 spiro atoms. The monoisotopic (exact) mass is 143 g/mol. The summed E-state index contributed by atoms with van der Waals surface area (Å²) in [6.07, 6.45) is 0. The van der Waals surface area contributed by atoms with Crippen LogP contribution in [0, 0.1) is 6.92 Å². The van der Waals surface area contributed by atoms with E-state index in [1.165, 1.54) is 0 Å². The zero-order valence-corrected chi connectivity index (χ0v) is 6.59. The maximum Gasteiger partial charge on any atom is 0.317 e. The van der Waals surface area contributed by atoms with Gasteiger partial charge in [-0.2, -0.15) is 0 Å². The van der Waals surface area contributed by atoms with Crippen molar-refractivity contribution in [1.29, 1.82) is 0 Å². The summed E-state index contributed by atoms with van der Waals surface area (Å²) in [4.78, 5) is 11.7. The normalized spacial score (nSPS) is 12.1. The van der Waals surface area contributed by atoms with E-state index in [0.717, 1.165) is 0 Å². The number of hydrogen-bond acceptors (Lipinski definition) is 2. The number of carbonyl (C=O) groups is 1. The van der Waals surface area contributed by atoms with Crippen molar-refractivity contribution in [3.63, 3.8) is 0 Å². The van der Waals surface area contributed by atoms with E-state index in [0.29, 0.717) is 0 Å². The molecule has 0 saturated carbocycles. The number of aliphatic carboxylic acids is 1. The van der Waals surface area contributed by atoms with Gasteiger partial charge in [0.25, 0.3) is 0 Å². The molecule has 0 heterocycles. The van der Waals surface area contributed by atoms with Crippen LogP contribution in [-0.4, -0.2) is 35.1 Å². The third-order valence-electron chi connectivity index (χ3n) is 1.36. The maximum atomic E-state index is 10.2. The van der Waals surface area contributed by atoms with Gasteiger partial charge in [-0.25, -0.2) is 0 Å². The number of nitrogens with zero attached hydrogens (tertiary/aromatic N) is 1. The van der Waals surface area contributed by atoms with E-state index in [9.17, 15) is 4.79 Å². The molecule has 0 aliphatic heterocycles. The predicted molar refractivity (Wildman–Crippen MR) is 38.6 cm³/mol. The number of carboxylic acids is 1. The molecular weight excluding hydrogens is 130 g/mol. The molecule has 0 aromatic heterocycles. The average Bonchev–Trinajstić information content (AvgIpc) is 1.60. The Kier molecular flexibility index (Phi) is 2.84. The Labute approximate surface area is 61.6 Å². The maximum absolute atomic E-state index is 10.2. The van der Waals surface area contributed by atoms with E-state index in [2.05, 4.69) is 0 Å². The quantitative estimate of drug-likeness (QED) is 0.625. The van der Waals surface area contributed by atoms with E-state index in [4.69, 9.17) is 12.0 Å². The number of likely N-dealkylation sites (N-methyl/N-ethyl adjacent to an activating group) is 1. The van der Waals surface area contributed by atoms with E-state index >= 15 is 0 Å². The van der Waals surface area contributed by atoms with E-state index in [1.807, 2.05) is 0 Å². The van der Waals surface area contributed by atoms with Crippen molar-refractivity contribution in [3.8, 4) is 0 Å². The summed E-state index contributed by atoms with van der Waals surface area (Å²) in [5, 5.41) is 8.35. The molecule has 0 amide bonds. The van der Waals surface area contributed by atoms with Crippen LogP contribution < -0.4 is 0 Å². The standard InChI is InChI=1S/C7H13NO2/c1-7(2,3)8(4)5-6(9)10/h1H,5H2,2-4H3,(H,9,10). The summed E-state index contributed by atoms with van der Waals surface area (Å²) < 4.78 is 0. The second-order valence-electron chi connectivity index (χ2n) is 2.90. The van der Waals surface area contributed by atoms with Gasteiger partial charge in [0, 0.05) is 5.54 Å². The van der Waals surface area contributed by atoms with Gasteiger partial charge in [0.1, 0.15) is 0 Å². The summed E-state index contributed by atoms with van der Waals surface area (Å²) in [7, 11) is 1.67. The fraction of sp³-hybridized carbons (Fsp3) is 0.714. The van der Waals surface area contributed by atoms with Gasteiger partial charge in [0.2, 0.25) is 0 Å². The van der Waals surface area contributed by atoms with E-state index < -0.39 is 11.5 Å². The number of rotatable bonds is 3. The van der Waals surface area contributed by atoms with Crippen molar-refractivity contribution in [2.75, 3.05) is 13.6 Å². The summed E-state index contributed by atoms with van der Waals surface area (Å²) in [5.41, 5.74) is -0.557. The molecule has 0 unspecified atom stereocenters. The van der Waals surface area contributed by atoms with Crippen LogP contribution in [0.25, 0.3) is 0 Å². The van der Waals surface area contributed by atoms with Gasteiger partial charge in [-0.1, -0.05) is 0 Å². The molecule has 3 heteroatoms. The van der Waals surface area contributed by atoms with Gasteiger partial charge in [0.15, 0.2) is 0 Å². The molecule has 0 aromatic rings. The van der Waals surface area contributed by atoms with Gasteiger partial charge in [-0.3, -0.25) is 9.69 Å². The highest BCUT2D eigenvalue weighted by molar-refractivity contribution is 5.69. The Balaban J connectivity index is 3.85. The van der Waals surface area contributed by atoms with Crippen LogP contribution in [0.4, 0.5) is 0 Å². The summed E-state index contributed by atoms with van der Waals surface area (Å²) in [5.74, 6) is -0.860. The molecule has 0 aliphatic carbocycles. The predicted octanol–water partition coefficient (Wildman–Crippen LogP) is 0.492. The van der Waals surface area contributed by atoms with Gasteiger partial charge in [-0.15, -0.1) is 0 Å². The summed E-state index contributed by atoms with van der Waals surface area (Å²) >= 11 is 0. The van der Waals surface area contributed by atoms with Gasteiger partial charge in [-0.05, 0) is 27.8 Å². The Morgan fingerprint density at radius 3 is 2.20 bits per heavy atom. The van der Waals surface area contributed by atoms with Gasteiger partial charge >= 0.3 is 5.97 Å². The Morgan fingerprint density at radius 1 is 1.70 bits per heavy atom. The smallest absolute Gasteiger partial charge is 0.317 e. The Hall–Kier alpha value is -0.570. The van der Waals surface area contributed by atoms with Crippen LogP contribution in [0.5, 0.6) is 0 Å². The Morgan fingerprint density at radius 2 is 2.10 bits per heavy atom. The van der Waals surface area contributed by atoms with Crippen LogP contribution in [0.15, 0.2) is 0 Å². The fourth-order valence-corrected chi connectivity index (χ4v) is 0.407. The highest BCUT2D eigenvalue weighted by Crippen LogP contribution is 2.08.